The highest BCUT2D eigenvalue weighted by Gasteiger charge is 2.15. The van der Waals surface area contributed by atoms with Crippen molar-refractivity contribution < 1.29 is 9.90 Å². The van der Waals surface area contributed by atoms with Gasteiger partial charge in [0.25, 0.3) is 0 Å². The lowest BCUT2D eigenvalue weighted by Gasteiger charge is -2.12. The summed E-state index contributed by atoms with van der Waals surface area (Å²) in [6.45, 7) is 1.98. The lowest BCUT2D eigenvalue weighted by atomic mass is 9.92. The van der Waals surface area contributed by atoms with Crippen molar-refractivity contribution in [1.29, 1.82) is 0 Å². The smallest absolute Gasteiger partial charge is 0.158 e. The van der Waals surface area contributed by atoms with Gasteiger partial charge < -0.3 is 5.11 Å². The van der Waals surface area contributed by atoms with E-state index in [-0.39, 0.29) is 11.5 Å². The van der Waals surface area contributed by atoms with E-state index in [2.05, 4.69) is 0 Å². The van der Waals surface area contributed by atoms with E-state index in [0.29, 0.717) is 6.42 Å². The average Bonchev–Trinajstić information content (AvgIpc) is 2.27. The minimum absolute atomic E-state index is 0.229. The predicted molar refractivity (Wildman–Crippen MR) is 64.3 cm³/mol. The molecule has 0 atom stereocenters. The van der Waals surface area contributed by atoms with Crippen LogP contribution in [0.3, 0.4) is 0 Å². The first kappa shape index (κ1) is 10.9. The van der Waals surface area contributed by atoms with Crippen molar-refractivity contribution in [3.63, 3.8) is 0 Å². The van der Waals surface area contributed by atoms with Gasteiger partial charge >= 0.3 is 0 Å². The fourth-order valence-corrected chi connectivity index (χ4v) is 2.03. The summed E-state index contributed by atoms with van der Waals surface area (Å²) < 4.78 is 0. The Kier molecular flexibility index (Phi) is 3.09. The lowest BCUT2D eigenvalue weighted by Crippen LogP contribution is -2.07. The third-order valence-corrected chi connectivity index (χ3v) is 2.97. The molecule has 84 valence electrons. The van der Waals surface area contributed by atoms with Crippen LogP contribution in [0.2, 0.25) is 0 Å². The van der Waals surface area contributed by atoms with Crippen LogP contribution < -0.4 is 0 Å². The SMILES string of the molecule is Cc1ccc(O)c(/C=C2\CCCCC2=O)c1. The second kappa shape index (κ2) is 4.52. The van der Waals surface area contributed by atoms with Gasteiger partial charge in [-0.05, 0) is 50.0 Å². The first-order valence-electron chi connectivity index (χ1n) is 5.70. The van der Waals surface area contributed by atoms with Gasteiger partial charge in [0.1, 0.15) is 5.75 Å². The normalized spacial score (nSPS) is 19.1. The average molecular weight is 216 g/mol. The van der Waals surface area contributed by atoms with Crippen molar-refractivity contribution in [2.45, 2.75) is 32.6 Å². The van der Waals surface area contributed by atoms with Gasteiger partial charge in [-0.1, -0.05) is 11.6 Å². The van der Waals surface area contributed by atoms with Crippen LogP contribution in [0, 0.1) is 6.92 Å². The number of aromatic hydroxyl groups is 1. The Morgan fingerprint density at radius 2 is 2.00 bits per heavy atom. The van der Waals surface area contributed by atoms with Crippen molar-refractivity contribution in [1.82, 2.24) is 0 Å². The molecule has 0 saturated heterocycles. The highest BCUT2D eigenvalue weighted by molar-refractivity contribution is 6.00. The predicted octanol–water partition coefficient (Wildman–Crippen LogP) is 3.23. The van der Waals surface area contributed by atoms with Crippen molar-refractivity contribution in [3.05, 3.63) is 34.9 Å². The molecule has 0 heterocycles. The van der Waals surface area contributed by atoms with Gasteiger partial charge in [0.2, 0.25) is 0 Å². The van der Waals surface area contributed by atoms with Crippen molar-refractivity contribution in [3.8, 4) is 5.75 Å². The third kappa shape index (κ3) is 2.32. The number of phenolic OH excluding ortho intramolecular Hbond substituents is 1. The number of benzene rings is 1. The summed E-state index contributed by atoms with van der Waals surface area (Å²) in [7, 11) is 0. The molecule has 1 fully saturated rings. The van der Waals surface area contributed by atoms with E-state index in [1.807, 2.05) is 25.1 Å². The highest BCUT2D eigenvalue weighted by atomic mass is 16.3. The quantitative estimate of drug-likeness (QED) is 0.732. The van der Waals surface area contributed by atoms with Crippen molar-refractivity contribution in [2.75, 3.05) is 0 Å². The molecular formula is C14H16O2. The molecule has 1 aliphatic rings. The minimum Gasteiger partial charge on any atom is -0.507 e. The Balaban J connectivity index is 2.33. The minimum atomic E-state index is 0.229. The van der Waals surface area contributed by atoms with E-state index >= 15 is 0 Å². The number of aryl methyl sites for hydroxylation is 1. The molecule has 0 amide bonds. The number of phenols is 1. The number of ketones is 1. The summed E-state index contributed by atoms with van der Waals surface area (Å²) in [5.41, 5.74) is 2.70. The van der Waals surface area contributed by atoms with Crippen LogP contribution in [-0.4, -0.2) is 10.9 Å². The van der Waals surface area contributed by atoms with E-state index in [0.717, 1.165) is 36.0 Å². The van der Waals surface area contributed by atoms with E-state index < -0.39 is 0 Å². The fraction of sp³-hybridized carbons (Fsp3) is 0.357. The van der Waals surface area contributed by atoms with Crippen LogP contribution in [0.15, 0.2) is 23.8 Å². The lowest BCUT2D eigenvalue weighted by molar-refractivity contribution is -0.116. The number of allylic oxidation sites excluding steroid dienone is 1. The molecule has 0 unspecified atom stereocenters. The summed E-state index contributed by atoms with van der Waals surface area (Å²) in [4.78, 5) is 11.6. The second-order valence-corrected chi connectivity index (χ2v) is 4.36. The van der Waals surface area contributed by atoms with Gasteiger partial charge in [-0.15, -0.1) is 0 Å². The second-order valence-electron chi connectivity index (χ2n) is 4.36. The van der Waals surface area contributed by atoms with Crippen molar-refractivity contribution in [2.24, 2.45) is 0 Å². The van der Waals surface area contributed by atoms with Crippen molar-refractivity contribution >= 4 is 11.9 Å². The number of hydrogen-bond donors (Lipinski definition) is 1. The third-order valence-electron chi connectivity index (χ3n) is 2.97. The summed E-state index contributed by atoms with van der Waals surface area (Å²) in [6, 6.07) is 5.44. The van der Waals surface area contributed by atoms with Crippen LogP contribution in [0.1, 0.15) is 36.8 Å². The molecule has 2 nitrogen and oxygen atoms in total. The van der Waals surface area contributed by atoms with E-state index in [9.17, 15) is 9.90 Å². The zero-order chi connectivity index (χ0) is 11.5. The molecule has 1 N–H and O–H groups in total. The van der Waals surface area contributed by atoms with Gasteiger partial charge in [0.15, 0.2) is 5.78 Å². The van der Waals surface area contributed by atoms with Crippen LogP contribution >= 0.6 is 0 Å². The zero-order valence-corrected chi connectivity index (χ0v) is 9.49. The number of carbonyl (C=O) groups excluding carboxylic acids is 1. The van der Waals surface area contributed by atoms with Gasteiger partial charge in [0.05, 0.1) is 0 Å². The maximum absolute atomic E-state index is 11.6. The molecule has 1 aromatic carbocycles. The van der Waals surface area contributed by atoms with Crippen LogP contribution in [0.25, 0.3) is 6.08 Å². The Hall–Kier alpha value is -1.57. The van der Waals surface area contributed by atoms with Gasteiger partial charge in [-0.2, -0.15) is 0 Å². The maximum atomic E-state index is 11.6. The summed E-state index contributed by atoms with van der Waals surface area (Å²) in [5, 5.41) is 9.70. The molecule has 16 heavy (non-hydrogen) atoms. The number of hydrogen-bond acceptors (Lipinski definition) is 2. The molecule has 0 spiro atoms. The molecule has 0 radical (unpaired) electrons. The molecule has 1 aliphatic carbocycles. The van der Waals surface area contributed by atoms with Crippen LogP contribution in [0.5, 0.6) is 5.75 Å². The Labute approximate surface area is 95.6 Å². The molecular weight excluding hydrogens is 200 g/mol. The molecule has 1 aromatic rings. The fourth-order valence-electron chi connectivity index (χ4n) is 2.03. The number of rotatable bonds is 1. The number of Topliss-reactive ketones (excluding diaryl/α,β-unsaturated/α-hetero) is 1. The first-order chi connectivity index (χ1) is 7.66. The molecule has 0 aromatic heterocycles. The molecule has 2 heteroatoms. The van der Waals surface area contributed by atoms with E-state index in [1.165, 1.54) is 0 Å². The van der Waals surface area contributed by atoms with Crippen LogP contribution in [-0.2, 0) is 4.79 Å². The largest absolute Gasteiger partial charge is 0.507 e. The summed E-state index contributed by atoms with van der Waals surface area (Å²) in [5.74, 6) is 0.476. The topological polar surface area (TPSA) is 37.3 Å². The first-order valence-corrected chi connectivity index (χ1v) is 5.70. The molecule has 1 saturated carbocycles. The maximum Gasteiger partial charge on any atom is 0.158 e. The van der Waals surface area contributed by atoms with Gasteiger partial charge in [-0.3, -0.25) is 4.79 Å². The molecule has 0 bridgehead atoms. The van der Waals surface area contributed by atoms with Crippen LogP contribution in [0.4, 0.5) is 0 Å². The Morgan fingerprint density at radius 3 is 2.75 bits per heavy atom. The van der Waals surface area contributed by atoms with E-state index in [4.69, 9.17) is 0 Å². The molecule has 2 rings (SSSR count). The van der Waals surface area contributed by atoms with Gasteiger partial charge in [0, 0.05) is 12.0 Å². The Bertz CT molecular complexity index is 444. The zero-order valence-electron chi connectivity index (χ0n) is 9.49. The monoisotopic (exact) mass is 216 g/mol. The number of carbonyl (C=O) groups is 1. The Morgan fingerprint density at radius 1 is 1.25 bits per heavy atom. The standard InChI is InChI=1S/C14H16O2/c1-10-6-7-14(16)12(8-10)9-11-4-2-3-5-13(11)15/h6-9,16H,2-5H2,1H3/b11-9+. The highest BCUT2D eigenvalue weighted by Crippen LogP contribution is 2.26. The van der Waals surface area contributed by atoms with Gasteiger partial charge in [-0.25, -0.2) is 0 Å². The summed E-state index contributed by atoms with van der Waals surface area (Å²) >= 11 is 0. The molecule has 0 aliphatic heterocycles. The van der Waals surface area contributed by atoms with E-state index in [1.54, 1.807) is 6.07 Å². The summed E-state index contributed by atoms with van der Waals surface area (Å²) in [6.07, 6.45) is 5.40.